The summed E-state index contributed by atoms with van der Waals surface area (Å²) in [5, 5.41) is 1.96. The van der Waals surface area contributed by atoms with E-state index in [2.05, 4.69) is 12.1 Å². The fourth-order valence-corrected chi connectivity index (χ4v) is 1.87. The molecule has 0 unspecified atom stereocenters. The Labute approximate surface area is 113 Å². The Kier molecular flexibility index (Phi) is 3.65. The average Bonchev–Trinajstić information content (AvgIpc) is 2.43. The minimum atomic E-state index is 0.590. The fraction of sp³-hybridized carbons (Fsp3) is 0.250. The van der Waals surface area contributed by atoms with E-state index >= 15 is 0 Å². The van der Waals surface area contributed by atoms with E-state index in [1.807, 2.05) is 47.5 Å². The molecule has 0 aliphatic carbocycles. The van der Waals surface area contributed by atoms with Gasteiger partial charge in [-0.25, -0.2) is 0 Å². The molecule has 1 saturated heterocycles. The molecule has 3 nitrogen and oxygen atoms in total. The molecule has 0 radical (unpaired) electrons. The summed E-state index contributed by atoms with van der Waals surface area (Å²) >= 11 is 0. The van der Waals surface area contributed by atoms with Gasteiger partial charge < -0.3 is 9.57 Å². The molecule has 2 aromatic rings. The van der Waals surface area contributed by atoms with E-state index in [1.165, 1.54) is 12.0 Å². The third-order valence-corrected chi connectivity index (χ3v) is 3.12. The lowest BCUT2D eigenvalue weighted by atomic mass is 10.2. The van der Waals surface area contributed by atoms with Crippen molar-refractivity contribution in [3.63, 3.8) is 0 Å². The summed E-state index contributed by atoms with van der Waals surface area (Å²) in [5.74, 6) is 1.73. The molecule has 0 aromatic heterocycles. The molecule has 1 heterocycles. The molecule has 0 atom stereocenters. The molecular formula is C16H17NO2. The maximum absolute atomic E-state index is 5.72. The van der Waals surface area contributed by atoms with Gasteiger partial charge in [-0.05, 0) is 36.2 Å². The van der Waals surface area contributed by atoms with Crippen molar-refractivity contribution in [2.45, 2.75) is 13.0 Å². The van der Waals surface area contributed by atoms with E-state index in [-0.39, 0.29) is 0 Å². The molecule has 2 aromatic carbocycles. The van der Waals surface area contributed by atoms with Gasteiger partial charge in [0.25, 0.3) is 0 Å². The number of hydroxylamine groups is 2. The minimum absolute atomic E-state index is 0.590. The van der Waals surface area contributed by atoms with Crippen molar-refractivity contribution in [3.05, 3.63) is 60.2 Å². The average molecular weight is 255 g/mol. The third kappa shape index (κ3) is 3.26. The molecule has 0 bridgehead atoms. The quantitative estimate of drug-likeness (QED) is 0.818. The molecule has 1 aliphatic heterocycles. The van der Waals surface area contributed by atoms with Crippen LogP contribution in [0.3, 0.4) is 0 Å². The zero-order valence-electron chi connectivity index (χ0n) is 10.8. The number of hydrogen-bond acceptors (Lipinski definition) is 3. The SMILES string of the molecule is c1ccc(COc2ccc(ON3CCC3)cc2)cc1. The van der Waals surface area contributed by atoms with Gasteiger partial charge in [-0.3, -0.25) is 0 Å². The molecule has 0 spiro atoms. The Balaban J connectivity index is 1.53. The van der Waals surface area contributed by atoms with E-state index < -0.39 is 0 Å². The topological polar surface area (TPSA) is 21.7 Å². The summed E-state index contributed by atoms with van der Waals surface area (Å²) in [7, 11) is 0. The highest BCUT2D eigenvalue weighted by molar-refractivity contribution is 5.31. The number of hydrogen-bond donors (Lipinski definition) is 0. The second kappa shape index (κ2) is 5.76. The highest BCUT2D eigenvalue weighted by Crippen LogP contribution is 2.20. The predicted octanol–water partition coefficient (Wildman–Crippen LogP) is 3.27. The first kappa shape index (κ1) is 12.1. The Hall–Kier alpha value is -2.00. The van der Waals surface area contributed by atoms with Gasteiger partial charge >= 0.3 is 0 Å². The minimum Gasteiger partial charge on any atom is -0.489 e. The van der Waals surface area contributed by atoms with Crippen molar-refractivity contribution >= 4 is 0 Å². The number of rotatable bonds is 5. The summed E-state index contributed by atoms with van der Waals surface area (Å²) in [4.78, 5) is 5.65. The second-order valence-electron chi connectivity index (χ2n) is 4.62. The standard InChI is InChI=1S/C16H17NO2/c1-2-5-14(6-3-1)13-18-15-7-9-16(10-8-15)19-17-11-4-12-17/h1-3,5-10H,4,11-13H2. The van der Waals surface area contributed by atoms with Gasteiger partial charge in [-0.1, -0.05) is 30.3 Å². The molecule has 3 heteroatoms. The normalized spacial score (nSPS) is 14.7. The molecule has 1 aliphatic rings. The van der Waals surface area contributed by atoms with Gasteiger partial charge in [-0.15, -0.1) is 5.06 Å². The summed E-state index contributed by atoms with van der Waals surface area (Å²) < 4.78 is 5.72. The van der Waals surface area contributed by atoms with Gasteiger partial charge in [0.1, 0.15) is 18.1 Å². The predicted molar refractivity (Wildman–Crippen MR) is 74.0 cm³/mol. The fourth-order valence-electron chi connectivity index (χ4n) is 1.87. The Bertz CT molecular complexity index is 506. The van der Waals surface area contributed by atoms with E-state index in [4.69, 9.17) is 9.57 Å². The van der Waals surface area contributed by atoms with Crippen LogP contribution >= 0.6 is 0 Å². The molecule has 98 valence electrons. The van der Waals surface area contributed by atoms with Crippen molar-refractivity contribution in [1.82, 2.24) is 5.06 Å². The van der Waals surface area contributed by atoms with Crippen molar-refractivity contribution in [2.24, 2.45) is 0 Å². The summed E-state index contributed by atoms with van der Waals surface area (Å²) in [6, 6.07) is 17.9. The van der Waals surface area contributed by atoms with Crippen LogP contribution in [0.4, 0.5) is 0 Å². The molecule has 0 N–H and O–H groups in total. The summed E-state index contributed by atoms with van der Waals surface area (Å²) in [5.41, 5.74) is 1.17. The van der Waals surface area contributed by atoms with Crippen molar-refractivity contribution in [2.75, 3.05) is 13.1 Å². The van der Waals surface area contributed by atoms with E-state index in [0.29, 0.717) is 6.61 Å². The lowest BCUT2D eigenvalue weighted by Gasteiger charge is -2.29. The van der Waals surface area contributed by atoms with Crippen LogP contribution in [0.15, 0.2) is 54.6 Å². The summed E-state index contributed by atoms with van der Waals surface area (Å²) in [6.07, 6.45) is 1.22. The monoisotopic (exact) mass is 255 g/mol. The maximum atomic E-state index is 5.72. The van der Waals surface area contributed by atoms with Crippen molar-refractivity contribution in [3.8, 4) is 11.5 Å². The number of benzene rings is 2. The van der Waals surface area contributed by atoms with Crippen molar-refractivity contribution in [1.29, 1.82) is 0 Å². The van der Waals surface area contributed by atoms with Crippen LogP contribution in [-0.4, -0.2) is 18.2 Å². The molecule has 1 fully saturated rings. The lowest BCUT2D eigenvalue weighted by molar-refractivity contribution is -0.107. The highest BCUT2D eigenvalue weighted by atomic mass is 16.7. The lowest BCUT2D eigenvalue weighted by Crippen LogP contribution is -2.39. The van der Waals surface area contributed by atoms with Crippen molar-refractivity contribution < 1.29 is 9.57 Å². The Morgan fingerprint density at radius 3 is 2.16 bits per heavy atom. The van der Waals surface area contributed by atoms with Crippen LogP contribution in [0.25, 0.3) is 0 Å². The zero-order chi connectivity index (χ0) is 12.9. The first-order valence-corrected chi connectivity index (χ1v) is 6.60. The van der Waals surface area contributed by atoms with E-state index in [0.717, 1.165) is 24.6 Å². The maximum Gasteiger partial charge on any atom is 0.147 e. The molecule has 19 heavy (non-hydrogen) atoms. The Morgan fingerprint density at radius 1 is 0.842 bits per heavy atom. The first-order valence-electron chi connectivity index (χ1n) is 6.60. The molecular weight excluding hydrogens is 238 g/mol. The smallest absolute Gasteiger partial charge is 0.147 e. The van der Waals surface area contributed by atoms with Crippen LogP contribution in [0.2, 0.25) is 0 Å². The Morgan fingerprint density at radius 2 is 1.53 bits per heavy atom. The van der Waals surface area contributed by atoms with Crippen LogP contribution in [-0.2, 0) is 6.61 Å². The number of ether oxygens (including phenoxy) is 1. The van der Waals surface area contributed by atoms with Crippen LogP contribution in [0, 0.1) is 0 Å². The molecule has 0 saturated carbocycles. The largest absolute Gasteiger partial charge is 0.489 e. The van der Waals surface area contributed by atoms with E-state index in [1.54, 1.807) is 0 Å². The van der Waals surface area contributed by atoms with Gasteiger partial charge in [-0.2, -0.15) is 0 Å². The van der Waals surface area contributed by atoms with Gasteiger partial charge in [0.2, 0.25) is 0 Å². The second-order valence-corrected chi connectivity index (χ2v) is 4.62. The highest BCUT2D eigenvalue weighted by Gasteiger charge is 2.15. The van der Waals surface area contributed by atoms with Crippen LogP contribution in [0.5, 0.6) is 11.5 Å². The van der Waals surface area contributed by atoms with Crippen LogP contribution < -0.4 is 9.57 Å². The van der Waals surface area contributed by atoms with Gasteiger partial charge in [0.05, 0.1) is 0 Å². The van der Waals surface area contributed by atoms with E-state index in [9.17, 15) is 0 Å². The zero-order valence-corrected chi connectivity index (χ0v) is 10.8. The number of nitrogens with zero attached hydrogens (tertiary/aromatic N) is 1. The van der Waals surface area contributed by atoms with Gasteiger partial charge in [0.15, 0.2) is 0 Å². The van der Waals surface area contributed by atoms with Gasteiger partial charge in [0, 0.05) is 13.1 Å². The first-order chi connectivity index (χ1) is 9.40. The molecule has 0 amide bonds. The third-order valence-electron chi connectivity index (χ3n) is 3.12. The molecule has 3 rings (SSSR count). The summed E-state index contributed by atoms with van der Waals surface area (Å²) in [6.45, 7) is 2.63. The van der Waals surface area contributed by atoms with Crippen LogP contribution in [0.1, 0.15) is 12.0 Å².